The first-order valence-electron chi connectivity index (χ1n) is 7.09. The number of terminal acetylenes is 1. The van der Waals surface area contributed by atoms with Crippen LogP contribution in [0.25, 0.3) is 0 Å². The monoisotopic (exact) mass is 255 g/mol. The summed E-state index contributed by atoms with van der Waals surface area (Å²) in [5, 5.41) is 4.01. The fourth-order valence-electron chi connectivity index (χ4n) is 2.67. The molecule has 0 amide bonds. The number of nitrogens with zero attached hydrogens (tertiary/aromatic N) is 1. The maximum absolute atomic E-state index is 5.16. The van der Waals surface area contributed by atoms with Crippen LogP contribution in [0.1, 0.15) is 55.6 Å². The van der Waals surface area contributed by atoms with Crippen LogP contribution in [0.5, 0.6) is 0 Å². The fourth-order valence-corrected chi connectivity index (χ4v) is 2.67. The summed E-state index contributed by atoms with van der Waals surface area (Å²) in [5.74, 6) is 3.21. The van der Waals surface area contributed by atoms with E-state index in [1.165, 1.54) is 43.2 Å². The molecule has 1 aliphatic rings. The Balaban J connectivity index is 2.01. The van der Waals surface area contributed by atoms with Gasteiger partial charge in [-0.05, 0) is 29.9 Å². The Kier molecular flexibility index (Phi) is 5.49. The van der Waals surface area contributed by atoms with Crippen LogP contribution in [-0.4, -0.2) is 12.8 Å². The number of benzene rings is 1. The minimum absolute atomic E-state index is 0.485. The van der Waals surface area contributed by atoms with Crippen molar-refractivity contribution < 1.29 is 4.84 Å². The average Bonchev–Trinajstić information content (AvgIpc) is 2.48. The zero-order valence-corrected chi connectivity index (χ0v) is 11.3. The Hall–Kier alpha value is -1.75. The van der Waals surface area contributed by atoms with E-state index in [1.54, 1.807) is 0 Å². The molecule has 1 aromatic rings. The van der Waals surface area contributed by atoms with Crippen molar-refractivity contribution in [3.05, 3.63) is 35.4 Å². The van der Waals surface area contributed by atoms with E-state index in [1.807, 2.05) is 6.21 Å². The van der Waals surface area contributed by atoms with Gasteiger partial charge in [0.05, 0.1) is 6.21 Å². The van der Waals surface area contributed by atoms with E-state index in [2.05, 4.69) is 35.3 Å². The van der Waals surface area contributed by atoms with Crippen molar-refractivity contribution in [2.24, 2.45) is 5.16 Å². The van der Waals surface area contributed by atoms with Gasteiger partial charge in [-0.25, -0.2) is 0 Å². The largest absolute Gasteiger partial charge is 0.395 e. The smallest absolute Gasteiger partial charge is 0.128 e. The van der Waals surface area contributed by atoms with Crippen LogP contribution >= 0.6 is 0 Å². The van der Waals surface area contributed by atoms with Crippen molar-refractivity contribution in [3.8, 4) is 12.3 Å². The Morgan fingerprint density at radius 1 is 1.26 bits per heavy atom. The molecule has 1 aromatic carbocycles. The van der Waals surface area contributed by atoms with Crippen molar-refractivity contribution in [2.75, 3.05) is 6.61 Å². The van der Waals surface area contributed by atoms with Crippen LogP contribution in [0.4, 0.5) is 0 Å². The summed E-state index contributed by atoms with van der Waals surface area (Å²) in [5.41, 5.74) is 2.58. The predicted octanol–water partition coefficient (Wildman–Crippen LogP) is 4.11. The molecule has 2 rings (SSSR count). The van der Waals surface area contributed by atoms with Gasteiger partial charge in [0.15, 0.2) is 0 Å². The summed E-state index contributed by atoms with van der Waals surface area (Å²) < 4.78 is 0. The topological polar surface area (TPSA) is 21.6 Å². The van der Waals surface area contributed by atoms with Gasteiger partial charge in [-0.1, -0.05) is 48.7 Å². The van der Waals surface area contributed by atoms with E-state index in [0.717, 1.165) is 0 Å². The van der Waals surface area contributed by atoms with Crippen molar-refractivity contribution in [2.45, 2.75) is 44.4 Å². The first-order valence-corrected chi connectivity index (χ1v) is 7.09. The molecule has 0 aliphatic heterocycles. The molecule has 0 bridgehead atoms. The summed E-state index contributed by atoms with van der Waals surface area (Å²) in [7, 11) is 0. The second kappa shape index (κ2) is 7.63. The molecule has 2 heteroatoms. The van der Waals surface area contributed by atoms with Crippen LogP contribution in [0, 0.1) is 12.3 Å². The van der Waals surface area contributed by atoms with Crippen molar-refractivity contribution in [1.29, 1.82) is 0 Å². The van der Waals surface area contributed by atoms with E-state index in [0.29, 0.717) is 18.9 Å². The van der Waals surface area contributed by atoms with E-state index in [4.69, 9.17) is 11.3 Å². The third-order valence-electron chi connectivity index (χ3n) is 3.65. The molecule has 0 radical (unpaired) electrons. The van der Waals surface area contributed by atoms with Gasteiger partial charge in [-0.2, -0.15) is 0 Å². The van der Waals surface area contributed by atoms with Crippen LogP contribution in [0.15, 0.2) is 29.4 Å². The zero-order chi connectivity index (χ0) is 13.3. The van der Waals surface area contributed by atoms with Gasteiger partial charge in [0.25, 0.3) is 0 Å². The molecule has 0 aromatic heterocycles. The molecule has 1 aliphatic carbocycles. The number of hydrogen-bond acceptors (Lipinski definition) is 2. The highest BCUT2D eigenvalue weighted by molar-refractivity contribution is 5.81. The number of hydrogen-bond donors (Lipinski definition) is 0. The van der Waals surface area contributed by atoms with E-state index < -0.39 is 0 Å². The second-order valence-corrected chi connectivity index (χ2v) is 4.99. The highest BCUT2D eigenvalue weighted by atomic mass is 16.6. The Morgan fingerprint density at radius 2 is 2.05 bits per heavy atom. The van der Waals surface area contributed by atoms with Gasteiger partial charge in [0.1, 0.15) is 6.61 Å². The molecular formula is C17H21NO. The van der Waals surface area contributed by atoms with Gasteiger partial charge in [0.2, 0.25) is 0 Å². The van der Waals surface area contributed by atoms with Gasteiger partial charge in [-0.3, -0.25) is 0 Å². The summed E-state index contributed by atoms with van der Waals surface area (Å²) in [6.07, 6.45) is 14.2. The molecule has 1 saturated carbocycles. The third kappa shape index (κ3) is 4.13. The maximum atomic E-state index is 5.16. The molecule has 100 valence electrons. The minimum Gasteiger partial charge on any atom is -0.395 e. The van der Waals surface area contributed by atoms with E-state index in [9.17, 15) is 0 Å². The van der Waals surface area contributed by atoms with Crippen LogP contribution in [0.3, 0.4) is 0 Å². The molecular weight excluding hydrogens is 234 g/mol. The van der Waals surface area contributed by atoms with E-state index in [-0.39, 0.29) is 0 Å². The number of rotatable bonds is 5. The lowest BCUT2D eigenvalue weighted by Crippen LogP contribution is -2.07. The second-order valence-electron chi connectivity index (χ2n) is 4.99. The zero-order valence-electron chi connectivity index (χ0n) is 11.3. The summed E-state index contributed by atoms with van der Waals surface area (Å²) >= 11 is 0. The SMILES string of the molecule is C#CCCON=Cc1ccccc1C1CCCCC1. The Bertz CT molecular complexity index is 453. The molecule has 0 atom stereocenters. The molecule has 0 saturated heterocycles. The van der Waals surface area contributed by atoms with E-state index >= 15 is 0 Å². The lowest BCUT2D eigenvalue weighted by molar-refractivity contribution is 0.152. The maximum Gasteiger partial charge on any atom is 0.128 e. The Labute approximate surface area is 115 Å². The lowest BCUT2D eigenvalue weighted by atomic mass is 9.82. The predicted molar refractivity (Wildman–Crippen MR) is 79.3 cm³/mol. The standard InChI is InChI=1S/C17H21NO/c1-2-3-13-19-18-14-16-11-7-8-12-17(16)15-9-5-4-6-10-15/h1,7-8,11-12,14-15H,3-6,9-10,13H2. The third-order valence-corrected chi connectivity index (χ3v) is 3.65. The van der Waals surface area contributed by atoms with Gasteiger partial charge in [-0.15, -0.1) is 12.3 Å². The van der Waals surface area contributed by atoms with Crippen molar-refractivity contribution in [3.63, 3.8) is 0 Å². The molecule has 0 spiro atoms. The normalized spacial score (nSPS) is 16.4. The number of oxime groups is 1. The molecule has 0 heterocycles. The Morgan fingerprint density at radius 3 is 2.84 bits per heavy atom. The first-order chi connectivity index (χ1) is 9.42. The lowest BCUT2D eigenvalue weighted by Gasteiger charge is -2.23. The van der Waals surface area contributed by atoms with Crippen LogP contribution in [-0.2, 0) is 4.84 Å². The van der Waals surface area contributed by atoms with Crippen molar-refractivity contribution in [1.82, 2.24) is 0 Å². The van der Waals surface area contributed by atoms with Gasteiger partial charge in [0, 0.05) is 6.42 Å². The van der Waals surface area contributed by atoms with Crippen LogP contribution in [0.2, 0.25) is 0 Å². The first kappa shape index (κ1) is 13.7. The van der Waals surface area contributed by atoms with Crippen molar-refractivity contribution >= 4 is 6.21 Å². The molecule has 0 N–H and O–H groups in total. The van der Waals surface area contributed by atoms with Gasteiger partial charge < -0.3 is 4.84 Å². The minimum atomic E-state index is 0.485. The molecule has 0 unspecified atom stereocenters. The van der Waals surface area contributed by atoms with Gasteiger partial charge >= 0.3 is 0 Å². The molecule has 1 fully saturated rings. The molecule has 19 heavy (non-hydrogen) atoms. The summed E-state index contributed by atoms with van der Waals surface area (Å²) in [4.78, 5) is 5.15. The highest BCUT2D eigenvalue weighted by Crippen LogP contribution is 2.33. The molecule has 2 nitrogen and oxygen atoms in total. The summed E-state index contributed by atoms with van der Waals surface area (Å²) in [6, 6.07) is 8.49. The average molecular weight is 255 g/mol. The highest BCUT2D eigenvalue weighted by Gasteiger charge is 2.17. The fraction of sp³-hybridized carbons (Fsp3) is 0.471. The summed E-state index contributed by atoms with van der Waals surface area (Å²) in [6.45, 7) is 0.485. The quantitative estimate of drug-likeness (QED) is 0.336. The van der Waals surface area contributed by atoms with Crippen LogP contribution < -0.4 is 0 Å².